The van der Waals surface area contributed by atoms with Crippen molar-refractivity contribution in [2.75, 3.05) is 5.32 Å². The summed E-state index contributed by atoms with van der Waals surface area (Å²) in [5.41, 5.74) is 4.25. The standard InChI is InChI=1S/C21H14Cl2N2O2/c1-12-2-8-16(17(23)10-12)20(26)24-15-6-3-13(4-7-15)21-25-18-11-14(22)5-9-19(18)27-21/h2-11H,1H3,(H,24,26). The lowest BCUT2D eigenvalue weighted by Gasteiger charge is -2.08. The molecule has 6 heteroatoms. The number of aromatic nitrogens is 1. The molecule has 4 aromatic rings. The summed E-state index contributed by atoms with van der Waals surface area (Å²) in [6, 6.07) is 17.9. The van der Waals surface area contributed by atoms with Gasteiger partial charge < -0.3 is 9.73 Å². The maximum Gasteiger partial charge on any atom is 0.257 e. The number of rotatable bonds is 3. The molecule has 0 radical (unpaired) electrons. The van der Waals surface area contributed by atoms with E-state index < -0.39 is 0 Å². The van der Waals surface area contributed by atoms with E-state index in [0.29, 0.717) is 38.3 Å². The van der Waals surface area contributed by atoms with Gasteiger partial charge in [-0.2, -0.15) is 0 Å². The zero-order chi connectivity index (χ0) is 19.0. The number of anilines is 1. The largest absolute Gasteiger partial charge is 0.436 e. The Morgan fingerprint density at radius 2 is 1.78 bits per heavy atom. The molecule has 0 aliphatic carbocycles. The van der Waals surface area contributed by atoms with E-state index >= 15 is 0 Å². The molecule has 0 saturated carbocycles. The Morgan fingerprint density at radius 3 is 2.52 bits per heavy atom. The van der Waals surface area contributed by atoms with E-state index in [-0.39, 0.29) is 5.91 Å². The summed E-state index contributed by atoms with van der Waals surface area (Å²) >= 11 is 12.1. The molecule has 0 atom stereocenters. The van der Waals surface area contributed by atoms with Crippen molar-refractivity contribution in [3.8, 4) is 11.5 Å². The molecule has 1 N–H and O–H groups in total. The fourth-order valence-electron chi connectivity index (χ4n) is 2.72. The number of nitrogens with one attached hydrogen (secondary N) is 1. The second-order valence-corrected chi connectivity index (χ2v) is 6.99. The minimum atomic E-state index is -0.260. The van der Waals surface area contributed by atoms with Gasteiger partial charge in [0.15, 0.2) is 5.58 Å². The molecular formula is C21H14Cl2N2O2. The molecule has 0 unspecified atom stereocenters. The van der Waals surface area contributed by atoms with Crippen molar-refractivity contribution in [2.24, 2.45) is 0 Å². The predicted octanol–water partition coefficient (Wildman–Crippen LogP) is 6.36. The van der Waals surface area contributed by atoms with E-state index in [1.165, 1.54) is 0 Å². The highest BCUT2D eigenvalue weighted by Gasteiger charge is 2.12. The zero-order valence-electron chi connectivity index (χ0n) is 14.3. The van der Waals surface area contributed by atoms with Crippen molar-refractivity contribution in [1.29, 1.82) is 0 Å². The van der Waals surface area contributed by atoms with Gasteiger partial charge in [0.05, 0.1) is 10.6 Å². The summed E-state index contributed by atoms with van der Waals surface area (Å²) in [6.07, 6.45) is 0. The highest BCUT2D eigenvalue weighted by atomic mass is 35.5. The average Bonchev–Trinajstić information content (AvgIpc) is 3.05. The Balaban J connectivity index is 1.55. The Labute approximate surface area is 165 Å². The molecule has 0 aliphatic heterocycles. The quantitative estimate of drug-likeness (QED) is 0.438. The van der Waals surface area contributed by atoms with Gasteiger partial charge >= 0.3 is 0 Å². The molecule has 1 heterocycles. The minimum absolute atomic E-state index is 0.260. The number of carbonyl (C=O) groups excluding carboxylic acids is 1. The number of hydrogen-bond donors (Lipinski definition) is 1. The van der Waals surface area contributed by atoms with Crippen LogP contribution in [0.25, 0.3) is 22.6 Å². The van der Waals surface area contributed by atoms with Gasteiger partial charge in [-0.15, -0.1) is 0 Å². The number of nitrogens with zero attached hydrogens (tertiary/aromatic N) is 1. The van der Waals surface area contributed by atoms with Gasteiger partial charge in [0, 0.05) is 16.3 Å². The van der Waals surface area contributed by atoms with Crippen molar-refractivity contribution in [3.63, 3.8) is 0 Å². The van der Waals surface area contributed by atoms with E-state index in [1.807, 2.05) is 25.1 Å². The van der Waals surface area contributed by atoms with Gasteiger partial charge in [-0.25, -0.2) is 4.98 Å². The first-order valence-corrected chi connectivity index (χ1v) is 8.99. The SMILES string of the molecule is Cc1ccc(C(=O)Nc2ccc(-c3nc4cc(Cl)ccc4o3)cc2)c(Cl)c1. The monoisotopic (exact) mass is 396 g/mol. The molecule has 3 aromatic carbocycles. The molecule has 0 aliphatic rings. The van der Waals surface area contributed by atoms with E-state index in [2.05, 4.69) is 10.3 Å². The topological polar surface area (TPSA) is 55.1 Å². The second-order valence-electron chi connectivity index (χ2n) is 6.15. The third kappa shape index (κ3) is 3.68. The van der Waals surface area contributed by atoms with Crippen LogP contribution in [0, 0.1) is 6.92 Å². The van der Waals surface area contributed by atoms with Crippen LogP contribution in [0.15, 0.2) is 65.1 Å². The molecule has 0 spiro atoms. The van der Waals surface area contributed by atoms with Crippen LogP contribution in [0.1, 0.15) is 15.9 Å². The predicted molar refractivity (Wildman–Crippen MR) is 109 cm³/mol. The van der Waals surface area contributed by atoms with Crippen LogP contribution in [0.2, 0.25) is 10.0 Å². The lowest BCUT2D eigenvalue weighted by molar-refractivity contribution is 0.102. The number of hydrogen-bond acceptors (Lipinski definition) is 3. The van der Waals surface area contributed by atoms with Crippen molar-refractivity contribution < 1.29 is 9.21 Å². The van der Waals surface area contributed by atoms with Gasteiger partial charge in [-0.1, -0.05) is 29.3 Å². The lowest BCUT2D eigenvalue weighted by Crippen LogP contribution is -2.12. The van der Waals surface area contributed by atoms with Crippen LogP contribution >= 0.6 is 23.2 Å². The first-order chi connectivity index (χ1) is 13.0. The van der Waals surface area contributed by atoms with E-state index in [4.69, 9.17) is 27.6 Å². The Morgan fingerprint density at radius 1 is 1.00 bits per heavy atom. The Kier molecular flexibility index (Phi) is 4.60. The smallest absolute Gasteiger partial charge is 0.257 e. The van der Waals surface area contributed by atoms with Gasteiger partial charge in [0.2, 0.25) is 5.89 Å². The van der Waals surface area contributed by atoms with Crippen LogP contribution in [-0.2, 0) is 0 Å². The maximum atomic E-state index is 12.4. The third-order valence-corrected chi connectivity index (χ3v) is 4.66. The van der Waals surface area contributed by atoms with Gasteiger partial charge in [-0.3, -0.25) is 4.79 Å². The number of benzene rings is 3. The first kappa shape index (κ1) is 17.6. The van der Waals surface area contributed by atoms with Crippen LogP contribution < -0.4 is 5.32 Å². The average molecular weight is 397 g/mol. The van der Waals surface area contributed by atoms with Crippen LogP contribution in [0.3, 0.4) is 0 Å². The van der Waals surface area contributed by atoms with Gasteiger partial charge in [0.25, 0.3) is 5.91 Å². The van der Waals surface area contributed by atoms with Crippen molar-refractivity contribution in [2.45, 2.75) is 6.92 Å². The molecule has 27 heavy (non-hydrogen) atoms. The van der Waals surface area contributed by atoms with Crippen LogP contribution in [-0.4, -0.2) is 10.9 Å². The lowest BCUT2D eigenvalue weighted by atomic mass is 10.1. The molecule has 0 bridgehead atoms. The summed E-state index contributed by atoms with van der Waals surface area (Å²) in [5, 5.41) is 3.87. The minimum Gasteiger partial charge on any atom is -0.436 e. The van der Waals surface area contributed by atoms with Crippen molar-refractivity contribution in [1.82, 2.24) is 4.98 Å². The van der Waals surface area contributed by atoms with Gasteiger partial charge in [-0.05, 0) is 67.1 Å². The van der Waals surface area contributed by atoms with Crippen molar-refractivity contribution in [3.05, 3.63) is 81.8 Å². The zero-order valence-corrected chi connectivity index (χ0v) is 15.8. The number of halogens is 2. The summed E-state index contributed by atoms with van der Waals surface area (Å²) in [6.45, 7) is 1.92. The second kappa shape index (κ2) is 7.06. The summed E-state index contributed by atoms with van der Waals surface area (Å²) in [5.74, 6) is 0.232. The fraction of sp³-hybridized carbons (Fsp3) is 0.0476. The number of aryl methyl sites for hydroxylation is 1. The molecule has 0 saturated heterocycles. The van der Waals surface area contributed by atoms with Gasteiger partial charge in [0.1, 0.15) is 5.52 Å². The molecule has 0 fully saturated rings. The normalized spacial score (nSPS) is 10.9. The van der Waals surface area contributed by atoms with E-state index in [9.17, 15) is 4.79 Å². The van der Waals surface area contributed by atoms with Crippen LogP contribution in [0.4, 0.5) is 5.69 Å². The Bertz CT molecular complexity index is 1150. The van der Waals surface area contributed by atoms with Crippen molar-refractivity contribution >= 4 is 45.9 Å². The molecular weight excluding hydrogens is 383 g/mol. The Hall–Kier alpha value is -2.82. The molecule has 134 valence electrons. The third-order valence-electron chi connectivity index (χ3n) is 4.11. The molecule has 4 nitrogen and oxygen atoms in total. The van der Waals surface area contributed by atoms with E-state index in [0.717, 1.165) is 11.1 Å². The van der Waals surface area contributed by atoms with Crippen LogP contribution in [0.5, 0.6) is 0 Å². The highest BCUT2D eigenvalue weighted by Crippen LogP contribution is 2.27. The highest BCUT2D eigenvalue weighted by molar-refractivity contribution is 6.34. The molecule has 4 rings (SSSR count). The summed E-state index contributed by atoms with van der Waals surface area (Å²) in [4.78, 5) is 16.9. The summed E-state index contributed by atoms with van der Waals surface area (Å²) < 4.78 is 5.75. The number of amides is 1. The molecule has 1 amide bonds. The summed E-state index contributed by atoms with van der Waals surface area (Å²) in [7, 11) is 0. The first-order valence-electron chi connectivity index (χ1n) is 8.23. The number of oxazole rings is 1. The fourth-order valence-corrected chi connectivity index (χ4v) is 3.21. The number of fused-ring (bicyclic) bond motifs is 1. The maximum absolute atomic E-state index is 12.4. The van der Waals surface area contributed by atoms with E-state index in [1.54, 1.807) is 42.5 Å². The number of carbonyl (C=O) groups is 1. The molecule has 1 aromatic heterocycles.